The molecule has 1 N–H and O–H groups in total. The van der Waals surface area contributed by atoms with Crippen LogP contribution < -0.4 is 0 Å². The molecule has 0 atom stereocenters. The molecule has 7 nitrogen and oxygen atoms in total. The zero-order chi connectivity index (χ0) is 23.0. The third-order valence-corrected chi connectivity index (χ3v) is 7.62. The minimum Gasteiger partial charge on any atom is -0.494 e. The number of rotatable bonds is 13. The molecule has 1 aliphatic heterocycles. The Morgan fingerprint density at radius 1 is 0.939 bits per heavy atom. The second-order valence-electron chi connectivity index (χ2n) is 8.08. The lowest BCUT2D eigenvalue weighted by molar-refractivity contribution is 0.101. The number of nitrogens with zero attached hydrogens (tertiary/aromatic N) is 5. The lowest BCUT2D eigenvalue weighted by Gasteiger charge is -2.11. The molecule has 172 valence electrons. The number of azide groups is 1. The van der Waals surface area contributed by atoms with Gasteiger partial charge in [0, 0.05) is 18.0 Å². The first-order chi connectivity index (χ1) is 16.2. The van der Waals surface area contributed by atoms with Crippen molar-refractivity contribution in [3.05, 3.63) is 61.5 Å². The van der Waals surface area contributed by atoms with Crippen LogP contribution >= 0.6 is 22.7 Å². The van der Waals surface area contributed by atoms with Gasteiger partial charge in [-0.25, -0.2) is 4.99 Å². The normalized spacial score (nSPS) is 12.6. The van der Waals surface area contributed by atoms with Crippen LogP contribution in [-0.2, 0) is 6.54 Å². The van der Waals surface area contributed by atoms with Crippen molar-refractivity contribution < 1.29 is 9.90 Å². The van der Waals surface area contributed by atoms with E-state index in [4.69, 9.17) is 5.53 Å². The van der Waals surface area contributed by atoms with E-state index < -0.39 is 0 Å². The summed E-state index contributed by atoms with van der Waals surface area (Å²) in [6.07, 6.45) is 8.77. The fourth-order valence-corrected chi connectivity index (χ4v) is 5.79. The number of carbonyl (C=O) groups is 1. The number of hydrogen-bond acceptors (Lipinski definition) is 5. The van der Waals surface area contributed by atoms with Crippen LogP contribution in [0.2, 0.25) is 0 Å². The molecule has 1 aliphatic rings. The number of aliphatic imine (C=N–C) groups is 1. The van der Waals surface area contributed by atoms with E-state index in [1.165, 1.54) is 30.6 Å². The lowest BCUT2D eigenvalue weighted by Crippen LogP contribution is -2.03. The van der Waals surface area contributed by atoms with Crippen molar-refractivity contribution in [3.8, 4) is 16.5 Å². The van der Waals surface area contributed by atoms with Gasteiger partial charge >= 0.3 is 0 Å². The highest BCUT2D eigenvalue weighted by Crippen LogP contribution is 2.43. The van der Waals surface area contributed by atoms with Gasteiger partial charge in [0.05, 0.1) is 32.3 Å². The Kier molecular flexibility index (Phi) is 7.99. The van der Waals surface area contributed by atoms with Crippen LogP contribution in [0.15, 0.2) is 45.1 Å². The Labute approximate surface area is 201 Å². The van der Waals surface area contributed by atoms with Gasteiger partial charge in [0.15, 0.2) is 0 Å². The molecular formula is C24H27N5O2S2. The maximum atomic E-state index is 12.9. The predicted molar refractivity (Wildman–Crippen MR) is 135 cm³/mol. The van der Waals surface area contributed by atoms with Crippen LogP contribution in [0.25, 0.3) is 21.0 Å². The number of aromatic nitrogens is 1. The van der Waals surface area contributed by atoms with Gasteiger partial charge < -0.3 is 9.67 Å². The fourth-order valence-electron chi connectivity index (χ4n) is 4.29. The van der Waals surface area contributed by atoms with Crippen molar-refractivity contribution >= 4 is 34.3 Å². The largest absolute Gasteiger partial charge is 0.494 e. The molecule has 1 amide bonds. The van der Waals surface area contributed by atoms with Gasteiger partial charge in [-0.1, -0.05) is 55.8 Å². The van der Waals surface area contributed by atoms with E-state index >= 15 is 0 Å². The number of carbonyl (C=O) groups excluding carboxylic acids is 1. The van der Waals surface area contributed by atoms with Gasteiger partial charge in [-0.3, -0.25) is 4.79 Å². The van der Waals surface area contributed by atoms with Crippen LogP contribution in [0.4, 0.5) is 0 Å². The molecule has 9 heteroatoms. The van der Waals surface area contributed by atoms with Crippen molar-refractivity contribution in [1.29, 1.82) is 0 Å². The van der Waals surface area contributed by atoms with E-state index in [0.717, 1.165) is 47.6 Å². The van der Waals surface area contributed by atoms with Crippen LogP contribution in [0.1, 0.15) is 72.2 Å². The van der Waals surface area contributed by atoms with E-state index in [0.29, 0.717) is 29.9 Å². The first kappa shape index (κ1) is 23.3. The molecular weight excluding hydrogens is 454 g/mol. The highest BCUT2D eigenvalue weighted by atomic mass is 32.1. The SMILES string of the molecule is [N-]=[N+]=NCCCCCCCCCCn1c(O)c2c(c1-c1cccs1)C(=O)N=C2c1cccs1. The Bertz CT molecular complexity index is 1160. The van der Waals surface area contributed by atoms with E-state index in [-0.39, 0.29) is 11.8 Å². The van der Waals surface area contributed by atoms with E-state index in [1.54, 1.807) is 11.3 Å². The lowest BCUT2D eigenvalue weighted by atomic mass is 10.1. The number of thiophene rings is 2. The molecule has 4 heterocycles. The fraction of sp³-hybridized carbons (Fsp3) is 0.417. The average Bonchev–Trinajstić information content (AvgIpc) is 3.60. The second-order valence-corrected chi connectivity index (χ2v) is 9.97. The molecule has 0 bridgehead atoms. The topological polar surface area (TPSA) is 103 Å². The summed E-state index contributed by atoms with van der Waals surface area (Å²) in [4.78, 5) is 21.8. The molecule has 0 aromatic carbocycles. The van der Waals surface area contributed by atoms with Gasteiger partial charge in [-0.15, -0.1) is 22.7 Å². The third-order valence-electron chi connectivity index (χ3n) is 5.86. The first-order valence-electron chi connectivity index (χ1n) is 11.4. The Morgan fingerprint density at radius 2 is 1.58 bits per heavy atom. The highest BCUT2D eigenvalue weighted by molar-refractivity contribution is 7.13. The molecule has 0 saturated heterocycles. The number of unbranched alkanes of at least 4 members (excludes halogenated alkanes) is 7. The first-order valence-corrected chi connectivity index (χ1v) is 13.2. The van der Waals surface area contributed by atoms with E-state index in [1.807, 2.05) is 39.6 Å². The molecule has 33 heavy (non-hydrogen) atoms. The van der Waals surface area contributed by atoms with Gasteiger partial charge in [0.2, 0.25) is 5.88 Å². The van der Waals surface area contributed by atoms with Gasteiger partial charge in [-0.05, 0) is 41.3 Å². The van der Waals surface area contributed by atoms with Crippen LogP contribution in [-0.4, -0.2) is 27.8 Å². The Morgan fingerprint density at radius 3 is 2.21 bits per heavy atom. The minimum atomic E-state index is -0.272. The molecule has 0 unspecified atom stereocenters. The molecule has 0 aliphatic carbocycles. The molecule has 0 fully saturated rings. The maximum absolute atomic E-state index is 12.9. The van der Waals surface area contributed by atoms with Crippen LogP contribution in [0, 0.1) is 0 Å². The molecule has 3 aromatic heterocycles. The number of fused-ring (bicyclic) bond motifs is 1. The summed E-state index contributed by atoms with van der Waals surface area (Å²) in [5.74, 6) is -0.127. The van der Waals surface area contributed by atoms with Crippen molar-refractivity contribution in [2.24, 2.45) is 10.1 Å². The van der Waals surface area contributed by atoms with Gasteiger partial charge in [0.25, 0.3) is 5.91 Å². The molecule has 0 spiro atoms. The Hall–Kier alpha value is -2.87. The zero-order valence-corrected chi connectivity index (χ0v) is 20.1. The van der Waals surface area contributed by atoms with Crippen molar-refractivity contribution in [1.82, 2.24) is 4.57 Å². The summed E-state index contributed by atoms with van der Waals surface area (Å²) in [6.45, 7) is 1.26. The number of amides is 1. The standard InChI is InChI=1S/C24H27N5O2S2/c25-28-26-13-7-5-3-1-2-4-6-8-14-29-22(18-12-10-16-33-18)20-19(24(29)31)21(27-23(20)30)17-11-9-15-32-17/h9-12,15-16,31H,1-8,13-14H2. The Balaban J connectivity index is 1.40. The molecule has 4 rings (SSSR count). The summed E-state index contributed by atoms with van der Waals surface area (Å²) in [5.41, 5.74) is 10.8. The van der Waals surface area contributed by atoms with Crippen LogP contribution in [0.5, 0.6) is 5.88 Å². The summed E-state index contributed by atoms with van der Waals surface area (Å²) in [5, 5.41) is 18.7. The summed E-state index contributed by atoms with van der Waals surface area (Å²) in [6, 6.07) is 7.83. The van der Waals surface area contributed by atoms with Crippen molar-refractivity contribution in [3.63, 3.8) is 0 Å². The van der Waals surface area contributed by atoms with Crippen molar-refractivity contribution in [2.75, 3.05) is 6.54 Å². The number of aromatic hydroxyl groups is 1. The van der Waals surface area contributed by atoms with E-state index in [9.17, 15) is 9.90 Å². The molecule has 0 saturated carbocycles. The quantitative estimate of drug-likeness (QED) is 0.119. The summed E-state index contributed by atoms with van der Waals surface area (Å²) in [7, 11) is 0. The third kappa shape index (κ3) is 5.21. The second kappa shape index (κ2) is 11.3. The highest BCUT2D eigenvalue weighted by Gasteiger charge is 2.36. The minimum absolute atomic E-state index is 0.145. The average molecular weight is 482 g/mol. The van der Waals surface area contributed by atoms with E-state index in [2.05, 4.69) is 15.0 Å². The van der Waals surface area contributed by atoms with Crippen molar-refractivity contribution in [2.45, 2.75) is 57.9 Å². The number of hydrogen-bond donors (Lipinski definition) is 1. The molecule has 0 radical (unpaired) electrons. The summed E-state index contributed by atoms with van der Waals surface area (Å²) >= 11 is 3.09. The molecule has 3 aromatic rings. The predicted octanol–water partition coefficient (Wildman–Crippen LogP) is 7.41. The zero-order valence-electron chi connectivity index (χ0n) is 18.4. The van der Waals surface area contributed by atoms with Crippen LogP contribution in [0.3, 0.4) is 0 Å². The smallest absolute Gasteiger partial charge is 0.280 e. The monoisotopic (exact) mass is 481 g/mol. The maximum Gasteiger partial charge on any atom is 0.280 e. The van der Waals surface area contributed by atoms with Gasteiger partial charge in [-0.2, -0.15) is 0 Å². The van der Waals surface area contributed by atoms with Gasteiger partial charge in [0.1, 0.15) is 0 Å². The summed E-state index contributed by atoms with van der Waals surface area (Å²) < 4.78 is 1.91.